The van der Waals surface area contributed by atoms with E-state index in [1.165, 1.54) is 0 Å². The molecule has 0 saturated heterocycles. The second-order valence-corrected chi connectivity index (χ2v) is 10.2. The van der Waals surface area contributed by atoms with Gasteiger partial charge in [-0.1, -0.05) is 84.9 Å². The highest BCUT2D eigenvalue weighted by molar-refractivity contribution is 5.83. The number of nitrogens with one attached hydrogen (secondary N) is 2. The van der Waals surface area contributed by atoms with Gasteiger partial charge in [-0.2, -0.15) is 5.48 Å². The minimum absolute atomic E-state index is 0.0446. The summed E-state index contributed by atoms with van der Waals surface area (Å²) in [6, 6.07) is 9.06. The van der Waals surface area contributed by atoms with Crippen LogP contribution in [0.4, 0.5) is 0 Å². The minimum atomic E-state index is -1.04. The number of benzene rings is 1. The zero-order chi connectivity index (χ0) is 24.7. The first-order valence-corrected chi connectivity index (χ1v) is 11.0. The van der Waals surface area contributed by atoms with E-state index < -0.39 is 23.7 Å². The fourth-order valence-corrected chi connectivity index (χ4v) is 3.65. The van der Waals surface area contributed by atoms with Crippen LogP contribution in [-0.2, 0) is 19.8 Å². The van der Waals surface area contributed by atoms with Crippen LogP contribution < -0.4 is 10.8 Å². The SMILES string of the molecule is CN[C@H](ON[C@H](C(=O)N(C)[C@H](/C=C/C(=O)O)C(C)C)C(C)(C)C)C(C)(C)c1ccccc1. The van der Waals surface area contributed by atoms with Gasteiger partial charge in [0.25, 0.3) is 0 Å². The van der Waals surface area contributed by atoms with Gasteiger partial charge < -0.3 is 10.0 Å². The summed E-state index contributed by atoms with van der Waals surface area (Å²) in [7, 11) is 3.52. The Kier molecular flexibility index (Phi) is 10.1. The number of hydrogen-bond acceptors (Lipinski definition) is 5. The third kappa shape index (κ3) is 7.43. The van der Waals surface area contributed by atoms with E-state index in [0.29, 0.717) is 0 Å². The van der Waals surface area contributed by atoms with Crippen LogP contribution in [0.25, 0.3) is 0 Å². The summed E-state index contributed by atoms with van der Waals surface area (Å²) in [6.45, 7) is 14.0. The van der Waals surface area contributed by atoms with Crippen molar-refractivity contribution in [2.24, 2.45) is 11.3 Å². The number of rotatable bonds is 11. The summed E-state index contributed by atoms with van der Waals surface area (Å²) in [4.78, 5) is 32.2. The molecule has 7 heteroatoms. The molecule has 0 unspecified atom stereocenters. The number of amides is 1. The fourth-order valence-electron chi connectivity index (χ4n) is 3.65. The number of nitrogens with zero attached hydrogens (tertiary/aromatic N) is 1. The van der Waals surface area contributed by atoms with Crippen LogP contribution >= 0.6 is 0 Å². The van der Waals surface area contributed by atoms with Gasteiger partial charge in [0.15, 0.2) is 0 Å². The zero-order valence-corrected chi connectivity index (χ0v) is 21.0. The first kappa shape index (κ1) is 27.8. The van der Waals surface area contributed by atoms with Gasteiger partial charge in [-0.3, -0.25) is 14.9 Å². The normalized spacial score (nSPS) is 15.6. The number of aliphatic carboxylic acids is 1. The molecule has 3 N–H and O–H groups in total. The van der Waals surface area contributed by atoms with E-state index in [-0.39, 0.29) is 23.3 Å². The van der Waals surface area contributed by atoms with Crippen molar-refractivity contribution in [3.05, 3.63) is 48.0 Å². The van der Waals surface area contributed by atoms with Crippen LogP contribution in [0.2, 0.25) is 0 Å². The molecule has 7 nitrogen and oxygen atoms in total. The molecule has 0 saturated carbocycles. The number of carbonyl (C=O) groups is 2. The number of hydroxylamine groups is 1. The van der Waals surface area contributed by atoms with E-state index in [4.69, 9.17) is 9.94 Å². The lowest BCUT2D eigenvalue weighted by Gasteiger charge is -2.39. The van der Waals surface area contributed by atoms with Crippen molar-refractivity contribution in [2.75, 3.05) is 14.1 Å². The molecule has 0 radical (unpaired) electrons. The van der Waals surface area contributed by atoms with Crippen LogP contribution in [0.15, 0.2) is 42.5 Å². The number of carbonyl (C=O) groups excluding carboxylic acids is 1. The molecule has 0 aromatic heterocycles. The van der Waals surface area contributed by atoms with Crippen molar-refractivity contribution in [2.45, 2.75) is 72.2 Å². The van der Waals surface area contributed by atoms with E-state index >= 15 is 0 Å². The number of likely N-dealkylation sites (N-methyl/N-ethyl adjacent to an activating group) is 2. The first-order valence-electron chi connectivity index (χ1n) is 11.0. The standard InChI is InChI=1S/C25H41N3O4/c1-17(2)19(15-16-20(29)30)28(9)22(31)21(24(3,4)5)27-32-23(26-8)25(6,7)18-13-11-10-12-14-18/h10-17,19,21,23,26-27H,1-9H3,(H,29,30)/b16-15+/t19-,21-,23-/m1/s1. The topological polar surface area (TPSA) is 90.9 Å². The van der Waals surface area contributed by atoms with Crippen LogP contribution in [0.5, 0.6) is 0 Å². The molecule has 1 amide bonds. The summed E-state index contributed by atoms with van der Waals surface area (Å²) < 4.78 is 0. The Morgan fingerprint density at radius 1 is 1.09 bits per heavy atom. The Hall–Kier alpha value is -2.22. The maximum Gasteiger partial charge on any atom is 0.328 e. The molecule has 0 aliphatic heterocycles. The molecule has 32 heavy (non-hydrogen) atoms. The Morgan fingerprint density at radius 3 is 2.09 bits per heavy atom. The average molecular weight is 448 g/mol. The monoisotopic (exact) mass is 447 g/mol. The number of carboxylic acid groups (broad SMARTS) is 1. The van der Waals surface area contributed by atoms with Gasteiger partial charge in [-0.05, 0) is 23.9 Å². The molecule has 0 bridgehead atoms. The molecular formula is C25H41N3O4. The zero-order valence-electron chi connectivity index (χ0n) is 21.0. The van der Waals surface area contributed by atoms with Crippen LogP contribution in [0.3, 0.4) is 0 Å². The minimum Gasteiger partial charge on any atom is -0.478 e. The van der Waals surface area contributed by atoms with Crippen molar-refractivity contribution >= 4 is 11.9 Å². The van der Waals surface area contributed by atoms with Gasteiger partial charge in [0, 0.05) is 18.5 Å². The van der Waals surface area contributed by atoms with Crippen molar-refractivity contribution < 1.29 is 19.5 Å². The van der Waals surface area contributed by atoms with Crippen molar-refractivity contribution in [3.63, 3.8) is 0 Å². The third-order valence-corrected chi connectivity index (χ3v) is 5.77. The van der Waals surface area contributed by atoms with Gasteiger partial charge in [-0.25, -0.2) is 4.79 Å². The molecule has 0 spiro atoms. The Balaban J connectivity index is 3.10. The van der Waals surface area contributed by atoms with E-state index in [9.17, 15) is 9.59 Å². The second kappa shape index (κ2) is 11.6. The molecule has 0 aliphatic carbocycles. The Morgan fingerprint density at radius 2 is 1.66 bits per heavy atom. The summed E-state index contributed by atoms with van der Waals surface area (Å²) in [6.07, 6.45) is 2.24. The predicted octanol–water partition coefficient (Wildman–Crippen LogP) is 3.57. The molecular weight excluding hydrogens is 406 g/mol. The quantitative estimate of drug-likeness (QED) is 0.273. The summed E-state index contributed by atoms with van der Waals surface area (Å²) in [5.74, 6) is -1.16. The molecule has 1 aromatic carbocycles. The largest absolute Gasteiger partial charge is 0.478 e. The molecule has 0 fully saturated rings. The highest BCUT2D eigenvalue weighted by Gasteiger charge is 2.38. The molecule has 180 valence electrons. The van der Waals surface area contributed by atoms with Gasteiger partial charge in [0.05, 0.1) is 6.04 Å². The molecule has 3 atom stereocenters. The summed E-state index contributed by atoms with van der Waals surface area (Å²) >= 11 is 0. The average Bonchev–Trinajstić information content (AvgIpc) is 2.69. The highest BCUT2D eigenvalue weighted by Crippen LogP contribution is 2.28. The molecule has 1 rings (SSSR count). The molecule has 0 aliphatic rings. The highest BCUT2D eigenvalue weighted by atomic mass is 16.7. The third-order valence-electron chi connectivity index (χ3n) is 5.77. The second-order valence-electron chi connectivity index (χ2n) is 10.2. The predicted molar refractivity (Wildman–Crippen MR) is 128 cm³/mol. The molecule has 1 aromatic rings. The molecule has 0 heterocycles. The van der Waals surface area contributed by atoms with Crippen molar-refractivity contribution in [3.8, 4) is 0 Å². The van der Waals surface area contributed by atoms with Crippen LogP contribution in [0.1, 0.15) is 54.0 Å². The number of carboxylic acids is 1. The maximum atomic E-state index is 13.5. The van der Waals surface area contributed by atoms with Gasteiger partial charge >= 0.3 is 5.97 Å². The lowest BCUT2D eigenvalue weighted by Crippen LogP contribution is -2.58. The van der Waals surface area contributed by atoms with Crippen LogP contribution in [0, 0.1) is 11.3 Å². The fraction of sp³-hybridized carbons (Fsp3) is 0.600. The van der Waals surface area contributed by atoms with E-state index in [2.05, 4.69) is 36.8 Å². The van der Waals surface area contributed by atoms with Gasteiger partial charge in [-0.15, -0.1) is 0 Å². The number of hydrogen-bond donors (Lipinski definition) is 3. The maximum absolute atomic E-state index is 13.5. The van der Waals surface area contributed by atoms with E-state index in [1.54, 1.807) is 18.0 Å². The van der Waals surface area contributed by atoms with E-state index in [0.717, 1.165) is 11.6 Å². The lowest BCUT2D eigenvalue weighted by atomic mass is 9.82. The Labute approximate surface area is 193 Å². The van der Waals surface area contributed by atoms with Gasteiger partial charge in [0.2, 0.25) is 5.91 Å². The van der Waals surface area contributed by atoms with Crippen molar-refractivity contribution in [1.82, 2.24) is 15.7 Å². The smallest absolute Gasteiger partial charge is 0.328 e. The summed E-state index contributed by atoms with van der Waals surface area (Å²) in [5, 5.41) is 12.2. The lowest BCUT2D eigenvalue weighted by molar-refractivity contribution is -0.151. The van der Waals surface area contributed by atoms with Gasteiger partial charge in [0.1, 0.15) is 12.3 Å². The Bertz CT molecular complexity index is 769. The van der Waals surface area contributed by atoms with Crippen LogP contribution in [-0.4, -0.2) is 54.3 Å². The summed E-state index contributed by atoms with van der Waals surface area (Å²) in [5.41, 5.74) is 3.32. The van der Waals surface area contributed by atoms with Crippen molar-refractivity contribution in [1.29, 1.82) is 0 Å². The van der Waals surface area contributed by atoms with E-state index in [1.807, 2.05) is 59.9 Å². The first-order chi connectivity index (χ1) is 14.7.